The molecule has 4 heteroatoms. The van der Waals surface area contributed by atoms with Crippen molar-refractivity contribution in [2.24, 2.45) is 11.8 Å². The van der Waals surface area contributed by atoms with Gasteiger partial charge in [0.05, 0.1) is 17.4 Å². The Hall–Kier alpha value is -1.81. The average Bonchev–Trinajstić information content (AvgIpc) is 2.36. The van der Waals surface area contributed by atoms with Gasteiger partial charge in [-0.2, -0.15) is 0 Å². The van der Waals surface area contributed by atoms with Crippen LogP contribution in [0.4, 0.5) is 0 Å². The molecule has 0 bridgehead atoms. The first-order valence-electron chi connectivity index (χ1n) is 7.06. The van der Waals surface area contributed by atoms with Gasteiger partial charge >= 0.3 is 0 Å². The summed E-state index contributed by atoms with van der Waals surface area (Å²) in [5.41, 5.74) is -0.679. The number of rotatable bonds is 3. The first-order valence-corrected chi connectivity index (χ1v) is 7.06. The largest absolute Gasteiger partial charge is 0.389 e. The Kier molecular flexibility index (Phi) is 4.10. The number of carbonyl (C=O) groups is 3. The third-order valence-electron chi connectivity index (χ3n) is 4.33. The van der Waals surface area contributed by atoms with Crippen molar-refractivity contribution in [3.63, 3.8) is 0 Å². The monoisotopic (exact) mass is 288 g/mol. The van der Waals surface area contributed by atoms with E-state index in [1.54, 1.807) is 24.3 Å². The molecule has 112 valence electrons. The van der Waals surface area contributed by atoms with Gasteiger partial charge in [-0.05, 0) is 26.3 Å². The number of hydrogen-bond donors (Lipinski definition) is 1. The average molecular weight is 288 g/mol. The number of Topliss-reactive ketones (excluding diaryl/α,β-unsaturated/α-hetero) is 3. The summed E-state index contributed by atoms with van der Waals surface area (Å²) in [5.74, 6) is -2.97. The van der Waals surface area contributed by atoms with Crippen LogP contribution in [-0.2, 0) is 14.4 Å². The van der Waals surface area contributed by atoms with E-state index < -0.39 is 23.4 Å². The normalized spacial score (nSPS) is 32.8. The molecule has 1 aliphatic carbocycles. The summed E-state index contributed by atoms with van der Waals surface area (Å²) >= 11 is 0. The Bertz CT molecular complexity index is 574. The molecule has 1 saturated carbocycles. The minimum Gasteiger partial charge on any atom is -0.389 e. The molecule has 0 heterocycles. The molecule has 0 unspecified atom stereocenters. The van der Waals surface area contributed by atoms with Gasteiger partial charge in [0.2, 0.25) is 0 Å². The van der Waals surface area contributed by atoms with Crippen molar-refractivity contribution in [3.05, 3.63) is 35.9 Å². The highest BCUT2D eigenvalue weighted by molar-refractivity contribution is 6.05. The van der Waals surface area contributed by atoms with Crippen molar-refractivity contribution in [3.8, 4) is 0 Å². The van der Waals surface area contributed by atoms with E-state index >= 15 is 0 Å². The summed E-state index contributed by atoms with van der Waals surface area (Å²) in [6, 6.07) is 9.03. The van der Waals surface area contributed by atoms with Crippen molar-refractivity contribution in [2.75, 3.05) is 0 Å². The molecular formula is C17H20O4. The SMILES string of the molecule is CC(=O)[C@@H]1C(=O)C[C@](C)(O)[C@H](C(C)=O)[C@@H]1c1ccccc1. The molecule has 1 aromatic rings. The van der Waals surface area contributed by atoms with Crippen LogP contribution in [0.5, 0.6) is 0 Å². The second-order valence-electron chi connectivity index (χ2n) is 6.11. The fourth-order valence-corrected chi connectivity index (χ4v) is 3.58. The van der Waals surface area contributed by atoms with Gasteiger partial charge in [0.15, 0.2) is 0 Å². The second-order valence-corrected chi connectivity index (χ2v) is 6.11. The number of benzene rings is 1. The molecule has 1 N–H and O–H groups in total. The third-order valence-corrected chi connectivity index (χ3v) is 4.33. The van der Waals surface area contributed by atoms with Gasteiger partial charge in [-0.25, -0.2) is 0 Å². The molecule has 1 fully saturated rings. The summed E-state index contributed by atoms with van der Waals surface area (Å²) < 4.78 is 0. The van der Waals surface area contributed by atoms with Crippen LogP contribution in [0.1, 0.15) is 38.7 Å². The Labute approximate surface area is 124 Å². The van der Waals surface area contributed by atoms with E-state index in [-0.39, 0.29) is 23.8 Å². The zero-order chi connectivity index (χ0) is 15.8. The van der Waals surface area contributed by atoms with Gasteiger partial charge in [-0.15, -0.1) is 0 Å². The highest BCUT2D eigenvalue weighted by atomic mass is 16.3. The van der Waals surface area contributed by atoms with Gasteiger partial charge in [0.1, 0.15) is 17.3 Å². The third kappa shape index (κ3) is 2.81. The van der Waals surface area contributed by atoms with Crippen molar-refractivity contribution >= 4 is 17.3 Å². The summed E-state index contributed by atoms with van der Waals surface area (Å²) in [7, 11) is 0. The first-order chi connectivity index (χ1) is 9.75. The molecule has 2 rings (SSSR count). The van der Waals surface area contributed by atoms with Crippen molar-refractivity contribution in [2.45, 2.75) is 38.7 Å². The van der Waals surface area contributed by atoms with E-state index in [1.165, 1.54) is 20.8 Å². The van der Waals surface area contributed by atoms with Crippen molar-refractivity contribution in [1.82, 2.24) is 0 Å². The van der Waals surface area contributed by atoms with Crippen molar-refractivity contribution in [1.29, 1.82) is 0 Å². The van der Waals surface area contributed by atoms with E-state index in [0.29, 0.717) is 0 Å². The van der Waals surface area contributed by atoms with Crippen LogP contribution in [0.2, 0.25) is 0 Å². The van der Waals surface area contributed by atoms with Crippen LogP contribution < -0.4 is 0 Å². The van der Waals surface area contributed by atoms with Gasteiger partial charge in [-0.3, -0.25) is 14.4 Å². The molecule has 4 atom stereocenters. The summed E-state index contributed by atoms with van der Waals surface area (Å²) in [5, 5.41) is 10.6. The molecule has 0 aromatic heterocycles. The maximum absolute atomic E-state index is 12.3. The van der Waals surface area contributed by atoms with Gasteiger partial charge < -0.3 is 5.11 Å². The Morgan fingerprint density at radius 3 is 2.19 bits per heavy atom. The topological polar surface area (TPSA) is 71.4 Å². The molecule has 0 saturated heterocycles. The lowest BCUT2D eigenvalue weighted by Gasteiger charge is -2.44. The second kappa shape index (κ2) is 5.53. The molecule has 0 aliphatic heterocycles. The standard InChI is InChI=1S/C17H20O4/c1-10(18)14-13(20)9-17(3,21)16(11(2)19)15(14)12-7-5-4-6-8-12/h4-8,14-16,21H,9H2,1-3H3/t14-,15-,16-,17+/m1/s1. The van der Waals surface area contributed by atoms with Crippen LogP contribution in [0.15, 0.2) is 30.3 Å². The zero-order valence-corrected chi connectivity index (χ0v) is 12.5. The number of hydrogen-bond acceptors (Lipinski definition) is 4. The van der Waals surface area contributed by atoms with E-state index in [9.17, 15) is 19.5 Å². The molecule has 1 aliphatic rings. The number of ketones is 3. The lowest BCUT2D eigenvalue weighted by molar-refractivity contribution is -0.151. The van der Waals surface area contributed by atoms with E-state index in [0.717, 1.165) is 5.56 Å². The number of carbonyl (C=O) groups excluding carboxylic acids is 3. The zero-order valence-electron chi connectivity index (χ0n) is 12.5. The van der Waals surface area contributed by atoms with Gasteiger partial charge in [0, 0.05) is 12.3 Å². The highest BCUT2D eigenvalue weighted by Gasteiger charge is 2.53. The summed E-state index contributed by atoms with van der Waals surface area (Å²) in [4.78, 5) is 36.4. The first kappa shape index (κ1) is 15.6. The molecule has 0 spiro atoms. The van der Waals surface area contributed by atoms with Crippen LogP contribution >= 0.6 is 0 Å². The summed E-state index contributed by atoms with van der Waals surface area (Å²) in [6.45, 7) is 4.28. The quantitative estimate of drug-likeness (QED) is 0.862. The Morgan fingerprint density at radius 1 is 1.14 bits per heavy atom. The number of aliphatic hydroxyl groups is 1. The minimum atomic E-state index is -1.42. The van der Waals surface area contributed by atoms with E-state index in [4.69, 9.17) is 0 Å². The minimum absolute atomic E-state index is 0.162. The van der Waals surface area contributed by atoms with Crippen LogP contribution in [0, 0.1) is 11.8 Å². The highest BCUT2D eigenvalue weighted by Crippen LogP contribution is 2.46. The van der Waals surface area contributed by atoms with Crippen molar-refractivity contribution < 1.29 is 19.5 Å². The molecule has 1 aromatic carbocycles. The fraction of sp³-hybridized carbons (Fsp3) is 0.471. The Morgan fingerprint density at radius 2 is 1.71 bits per heavy atom. The van der Waals surface area contributed by atoms with E-state index in [1.807, 2.05) is 6.07 Å². The Balaban J connectivity index is 2.61. The lowest BCUT2D eigenvalue weighted by Crippen LogP contribution is -2.53. The predicted molar refractivity (Wildman–Crippen MR) is 77.8 cm³/mol. The molecule has 0 amide bonds. The molecular weight excluding hydrogens is 268 g/mol. The molecule has 4 nitrogen and oxygen atoms in total. The molecule has 0 radical (unpaired) electrons. The maximum atomic E-state index is 12.3. The fourth-order valence-electron chi connectivity index (χ4n) is 3.58. The van der Waals surface area contributed by atoms with Gasteiger partial charge in [-0.1, -0.05) is 30.3 Å². The van der Waals surface area contributed by atoms with E-state index in [2.05, 4.69) is 0 Å². The smallest absolute Gasteiger partial charge is 0.146 e. The van der Waals surface area contributed by atoms with Crippen LogP contribution in [0.25, 0.3) is 0 Å². The lowest BCUT2D eigenvalue weighted by atomic mass is 9.60. The maximum Gasteiger partial charge on any atom is 0.146 e. The van der Waals surface area contributed by atoms with Gasteiger partial charge in [0.25, 0.3) is 0 Å². The predicted octanol–water partition coefficient (Wildman–Crippen LogP) is 1.90. The summed E-state index contributed by atoms with van der Waals surface area (Å²) in [6.07, 6.45) is -0.162. The molecule has 21 heavy (non-hydrogen) atoms. The van der Waals surface area contributed by atoms with Crippen LogP contribution in [0.3, 0.4) is 0 Å². The van der Waals surface area contributed by atoms with Crippen LogP contribution in [-0.4, -0.2) is 28.1 Å².